The van der Waals surface area contributed by atoms with Crippen molar-refractivity contribution in [2.45, 2.75) is 45.6 Å². The molecular weight excluding hydrogens is 438 g/mol. The van der Waals surface area contributed by atoms with Gasteiger partial charge in [-0.15, -0.1) is 0 Å². The number of rotatable bonds is 4. The number of hydrogen-bond acceptors (Lipinski definition) is 6. The first-order valence-electron chi connectivity index (χ1n) is 12.0. The summed E-state index contributed by atoms with van der Waals surface area (Å²) in [4.78, 5) is 43.5. The quantitative estimate of drug-likeness (QED) is 0.668. The van der Waals surface area contributed by atoms with Crippen LogP contribution in [0.15, 0.2) is 18.2 Å². The molecule has 2 unspecified atom stereocenters. The molecule has 4 rings (SSSR count). The van der Waals surface area contributed by atoms with E-state index in [-0.39, 0.29) is 36.2 Å². The van der Waals surface area contributed by atoms with Crippen molar-refractivity contribution in [3.8, 4) is 11.5 Å². The summed E-state index contributed by atoms with van der Waals surface area (Å²) in [5.41, 5.74) is 0.179. The van der Waals surface area contributed by atoms with Crippen molar-refractivity contribution < 1.29 is 28.6 Å². The van der Waals surface area contributed by atoms with Gasteiger partial charge < -0.3 is 28.9 Å². The number of nitrogens with zero attached hydrogens (tertiary/aromatic N) is 3. The molecule has 0 N–H and O–H groups in total. The molecule has 0 bridgehead atoms. The third-order valence-electron chi connectivity index (χ3n) is 6.38. The van der Waals surface area contributed by atoms with E-state index in [1.165, 1.54) is 0 Å². The topological polar surface area (TPSA) is 88.6 Å². The van der Waals surface area contributed by atoms with Gasteiger partial charge in [-0.25, -0.2) is 4.79 Å². The van der Waals surface area contributed by atoms with Crippen LogP contribution in [0.25, 0.3) is 0 Å². The van der Waals surface area contributed by atoms with Gasteiger partial charge >= 0.3 is 6.09 Å². The summed E-state index contributed by atoms with van der Waals surface area (Å²) in [5, 5.41) is 0. The molecule has 9 heteroatoms. The van der Waals surface area contributed by atoms with E-state index in [0.29, 0.717) is 50.9 Å². The number of benzene rings is 1. The Morgan fingerprint density at radius 3 is 2.62 bits per heavy atom. The number of carbonyl (C=O) groups excluding carboxylic acids is 3. The van der Waals surface area contributed by atoms with Gasteiger partial charge in [-0.1, -0.05) is 0 Å². The maximum absolute atomic E-state index is 13.3. The molecule has 2 saturated heterocycles. The minimum Gasteiger partial charge on any atom is -0.486 e. The minimum absolute atomic E-state index is 0.0121. The summed E-state index contributed by atoms with van der Waals surface area (Å²) in [6.07, 6.45) is 1.67. The van der Waals surface area contributed by atoms with Crippen molar-refractivity contribution in [1.82, 2.24) is 9.80 Å². The summed E-state index contributed by atoms with van der Waals surface area (Å²) in [6, 6.07) is 5.45. The van der Waals surface area contributed by atoms with Crippen LogP contribution < -0.4 is 14.4 Å². The molecule has 0 radical (unpaired) electrons. The Balaban J connectivity index is 1.34. The summed E-state index contributed by atoms with van der Waals surface area (Å²) in [7, 11) is 1.73. The lowest BCUT2D eigenvalue weighted by molar-refractivity contribution is -0.137. The molecule has 0 aliphatic carbocycles. The van der Waals surface area contributed by atoms with Crippen LogP contribution in [0.4, 0.5) is 10.5 Å². The Bertz CT molecular complexity index is 943. The van der Waals surface area contributed by atoms with Crippen LogP contribution in [0.2, 0.25) is 0 Å². The number of carbonyl (C=O) groups is 3. The molecular formula is C25H35N3O6. The van der Waals surface area contributed by atoms with E-state index in [0.717, 1.165) is 18.5 Å². The minimum atomic E-state index is -0.544. The summed E-state index contributed by atoms with van der Waals surface area (Å²) >= 11 is 0. The largest absolute Gasteiger partial charge is 0.486 e. The van der Waals surface area contributed by atoms with Crippen LogP contribution in [-0.2, 0) is 14.3 Å². The first-order valence-corrected chi connectivity index (χ1v) is 12.0. The maximum Gasteiger partial charge on any atom is 0.410 e. The van der Waals surface area contributed by atoms with E-state index in [1.807, 2.05) is 43.9 Å². The van der Waals surface area contributed by atoms with Crippen LogP contribution in [-0.4, -0.2) is 79.7 Å². The van der Waals surface area contributed by atoms with Gasteiger partial charge in [0.25, 0.3) is 0 Å². The Morgan fingerprint density at radius 1 is 1.15 bits per heavy atom. The second kappa shape index (κ2) is 9.72. The highest BCUT2D eigenvalue weighted by molar-refractivity contribution is 6.00. The molecule has 0 spiro atoms. The van der Waals surface area contributed by atoms with Gasteiger partial charge in [0.15, 0.2) is 11.5 Å². The predicted octanol–water partition coefficient (Wildman–Crippen LogP) is 2.92. The van der Waals surface area contributed by atoms with E-state index in [1.54, 1.807) is 16.8 Å². The van der Waals surface area contributed by atoms with Crippen LogP contribution in [0.5, 0.6) is 11.5 Å². The third kappa shape index (κ3) is 5.56. The fourth-order valence-electron chi connectivity index (χ4n) is 4.80. The molecule has 3 heterocycles. The maximum atomic E-state index is 13.3. The van der Waals surface area contributed by atoms with Crippen molar-refractivity contribution in [2.24, 2.45) is 11.8 Å². The summed E-state index contributed by atoms with van der Waals surface area (Å²) in [5.74, 6) is 1.06. The van der Waals surface area contributed by atoms with Gasteiger partial charge in [0, 0.05) is 51.4 Å². The zero-order valence-corrected chi connectivity index (χ0v) is 20.5. The lowest BCUT2D eigenvalue weighted by atomic mass is 9.96. The number of ether oxygens (including phenoxy) is 3. The fraction of sp³-hybridized carbons (Fsp3) is 0.640. The number of amides is 3. The van der Waals surface area contributed by atoms with Crippen molar-refractivity contribution in [3.05, 3.63) is 18.2 Å². The molecule has 1 aromatic carbocycles. The Kier molecular flexibility index (Phi) is 6.91. The SMILES string of the molecule is CN(CC1CCCN(C(=O)C2CC(=O)N(c3ccc4c(c3)OCCO4)C2)C1)C(=O)OC(C)(C)C. The van der Waals surface area contributed by atoms with E-state index in [2.05, 4.69) is 0 Å². The lowest BCUT2D eigenvalue weighted by Gasteiger charge is -2.36. The number of anilines is 1. The Morgan fingerprint density at radius 2 is 1.88 bits per heavy atom. The smallest absolute Gasteiger partial charge is 0.410 e. The number of hydrogen-bond donors (Lipinski definition) is 0. The van der Waals surface area contributed by atoms with E-state index >= 15 is 0 Å². The summed E-state index contributed by atoms with van der Waals surface area (Å²) in [6.45, 7) is 8.67. The first-order chi connectivity index (χ1) is 16.1. The molecule has 0 saturated carbocycles. The second-order valence-electron chi connectivity index (χ2n) is 10.4. The predicted molar refractivity (Wildman–Crippen MR) is 126 cm³/mol. The van der Waals surface area contributed by atoms with Crippen molar-refractivity contribution in [3.63, 3.8) is 0 Å². The Hall–Kier alpha value is -2.97. The van der Waals surface area contributed by atoms with Crippen LogP contribution >= 0.6 is 0 Å². The van der Waals surface area contributed by atoms with E-state index < -0.39 is 5.60 Å². The van der Waals surface area contributed by atoms with Crippen LogP contribution in [0.3, 0.4) is 0 Å². The molecule has 2 fully saturated rings. The van der Waals surface area contributed by atoms with E-state index in [9.17, 15) is 14.4 Å². The first kappa shape index (κ1) is 24.2. The monoisotopic (exact) mass is 473 g/mol. The third-order valence-corrected chi connectivity index (χ3v) is 6.38. The molecule has 1 aromatic rings. The van der Waals surface area contributed by atoms with Crippen LogP contribution in [0, 0.1) is 11.8 Å². The zero-order chi connectivity index (χ0) is 24.5. The van der Waals surface area contributed by atoms with Crippen molar-refractivity contribution in [1.29, 1.82) is 0 Å². The number of piperidine rings is 1. The molecule has 3 aliphatic heterocycles. The normalized spacial score (nSPS) is 22.5. The van der Waals surface area contributed by atoms with Gasteiger partial charge in [0.05, 0.1) is 5.92 Å². The second-order valence-corrected chi connectivity index (χ2v) is 10.4. The van der Waals surface area contributed by atoms with Gasteiger partial charge in [0.2, 0.25) is 11.8 Å². The summed E-state index contributed by atoms with van der Waals surface area (Å²) < 4.78 is 16.6. The molecule has 3 amide bonds. The molecule has 9 nitrogen and oxygen atoms in total. The Labute approximate surface area is 200 Å². The van der Waals surface area contributed by atoms with Gasteiger partial charge in [0.1, 0.15) is 18.8 Å². The average Bonchev–Trinajstić information content (AvgIpc) is 3.18. The molecule has 186 valence electrons. The lowest BCUT2D eigenvalue weighted by Crippen LogP contribution is -2.47. The highest BCUT2D eigenvalue weighted by atomic mass is 16.6. The van der Waals surface area contributed by atoms with Gasteiger partial charge in [-0.05, 0) is 51.7 Å². The standard InChI is InChI=1S/C25H35N3O6/c1-25(2,3)34-24(31)26(4)14-17-6-5-9-27(15-17)23(30)18-12-22(29)28(16-18)19-7-8-20-21(13-19)33-11-10-32-20/h7-8,13,17-18H,5-6,9-12,14-16H2,1-4H3. The average molecular weight is 474 g/mol. The molecule has 3 aliphatic rings. The van der Waals surface area contributed by atoms with Gasteiger partial charge in [-0.3, -0.25) is 9.59 Å². The number of fused-ring (bicyclic) bond motifs is 1. The highest BCUT2D eigenvalue weighted by Crippen LogP contribution is 2.36. The number of likely N-dealkylation sites (tertiary alicyclic amines) is 1. The van der Waals surface area contributed by atoms with Crippen molar-refractivity contribution in [2.75, 3.05) is 51.3 Å². The fourth-order valence-corrected chi connectivity index (χ4v) is 4.80. The molecule has 0 aromatic heterocycles. The zero-order valence-electron chi connectivity index (χ0n) is 20.5. The van der Waals surface area contributed by atoms with E-state index in [4.69, 9.17) is 14.2 Å². The van der Waals surface area contributed by atoms with Crippen molar-refractivity contribution >= 4 is 23.6 Å². The highest BCUT2D eigenvalue weighted by Gasteiger charge is 2.39. The molecule has 34 heavy (non-hydrogen) atoms. The van der Waals surface area contributed by atoms with Gasteiger partial charge in [-0.2, -0.15) is 0 Å². The molecule has 2 atom stereocenters. The van der Waals surface area contributed by atoms with Crippen LogP contribution in [0.1, 0.15) is 40.0 Å².